The van der Waals surface area contributed by atoms with Gasteiger partial charge in [-0.2, -0.15) is 0 Å². The first-order chi connectivity index (χ1) is 12.0. The number of hydrogen-bond donors (Lipinski definition) is 3. The fourth-order valence-corrected chi connectivity index (χ4v) is 4.39. The largest absolute Gasteiger partial charge is 0.356 e. The zero-order valence-electron chi connectivity index (χ0n) is 13.4. The highest BCUT2D eigenvalue weighted by molar-refractivity contribution is 6.31. The molecule has 0 radical (unpaired) electrons. The van der Waals surface area contributed by atoms with E-state index in [0.29, 0.717) is 11.4 Å². The van der Waals surface area contributed by atoms with Crippen LogP contribution in [-0.2, 0) is 16.8 Å². The second-order valence-electron chi connectivity index (χ2n) is 6.81. The molecule has 0 saturated carbocycles. The monoisotopic (exact) mass is 355 g/mol. The van der Waals surface area contributed by atoms with E-state index in [0.717, 1.165) is 33.4 Å². The van der Waals surface area contributed by atoms with E-state index in [4.69, 9.17) is 11.6 Å². The molecule has 3 N–H and O–H groups in total. The number of halogens is 2. The van der Waals surface area contributed by atoms with Crippen molar-refractivity contribution in [1.82, 2.24) is 10.3 Å². The number of amides is 1. The summed E-state index contributed by atoms with van der Waals surface area (Å²) in [6, 6.07) is 10.1. The number of carbonyl (C=O) groups is 1. The molecule has 6 heteroatoms. The average Bonchev–Trinajstić information content (AvgIpc) is 3.05. The Morgan fingerprint density at radius 1 is 1.24 bits per heavy atom. The van der Waals surface area contributed by atoms with E-state index >= 15 is 0 Å². The topological polar surface area (TPSA) is 56.9 Å². The standard InChI is InChI=1S/C19H15ClFN3O/c1-9-6-13-12-8-11(21)3-5-15(12)22-17(13)19(24-9)14-7-10(20)2-4-16(14)23-18(19)25/h2-5,7-9,22,24H,6H2,1H3,(H,23,25). The highest BCUT2D eigenvalue weighted by Gasteiger charge is 2.53. The minimum atomic E-state index is -1.04. The molecule has 0 bridgehead atoms. The Morgan fingerprint density at radius 2 is 2.08 bits per heavy atom. The first-order valence-corrected chi connectivity index (χ1v) is 8.56. The first kappa shape index (κ1) is 14.9. The smallest absolute Gasteiger partial charge is 0.255 e. The molecule has 1 amide bonds. The van der Waals surface area contributed by atoms with Gasteiger partial charge in [-0.15, -0.1) is 0 Å². The lowest BCUT2D eigenvalue weighted by Gasteiger charge is -2.37. The summed E-state index contributed by atoms with van der Waals surface area (Å²) in [5, 5.41) is 7.80. The highest BCUT2D eigenvalue weighted by Crippen LogP contribution is 2.46. The van der Waals surface area contributed by atoms with E-state index in [1.165, 1.54) is 12.1 Å². The minimum Gasteiger partial charge on any atom is -0.356 e. The molecule has 2 atom stereocenters. The predicted octanol–water partition coefficient (Wildman–Crippen LogP) is 3.69. The summed E-state index contributed by atoms with van der Waals surface area (Å²) >= 11 is 6.21. The van der Waals surface area contributed by atoms with Gasteiger partial charge in [0.05, 0.1) is 5.69 Å². The molecule has 2 aromatic carbocycles. The first-order valence-electron chi connectivity index (χ1n) is 8.19. The molecule has 126 valence electrons. The molecule has 2 aliphatic rings. The van der Waals surface area contributed by atoms with Crippen LogP contribution in [0, 0.1) is 5.82 Å². The van der Waals surface area contributed by atoms with Crippen LogP contribution in [-0.4, -0.2) is 16.9 Å². The lowest BCUT2D eigenvalue weighted by atomic mass is 9.80. The van der Waals surface area contributed by atoms with Gasteiger partial charge in [-0.25, -0.2) is 4.39 Å². The van der Waals surface area contributed by atoms with Crippen molar-refractivity contribution < 1.29 is 9.18 Å². The summed E-state index contributed by atoms with van der Waals surface area (Å²) in [5.41, 5.74) is 3.07. The summed E-state index contributed by atoms with van der Waals surface area (Å²) in [5.74, 6) is -0.432. The van der Waals surface area contributed by atoms with Crippen LogP contribution in [0.5, 0.6) is 0 Å². The molecule has 3 aromatic rings. The van der Waals surface area contributed by atoms with Crippen LogP contribution < -0.4 is 10.6 Å². The third kappa shape index (κ3) is 1.88. The molecule has 4 nitrogen and oxygen atoms in total. The maximum atomic E-state index is 13.8. The summed E-state index contributed by atoms with van der Waals surface area (Å²) in [7, 11) is 0. The van der Waals surface area contributed by atoms with Gasteiger partial charge in [0.2, 0.25) is 0 Å². The number of H-pyrrole nitrogens is 1. The predicted molar refractivity (Wildman–Crippen MR) is 95.4 cm³/mol. The van der Waals surface area contributed by atoms with Crippen molar-refractivity contribution in [2.75, 3.05) is 5.32 Å². The van der Waals surface area contributed by atoms with Gasteiger partial charge in [-0.05, 0) is 55.3 Å². The molecule has 5 rings (SSSR count). The Bertz CT molecular complexity index is 1060. The van der Waals surface area contributed by atoms with Gasteiger partial charge in [0.25, 0.3) is 5.91 Å². The van der Waals surface area contributed by atoms with Crippen molar-refractivity contribution in [3.63, 3.8) is 0 Å². The van der Waals surface area contributed by atoms with Gasteiger partial charge in [0.1, 0.15) is 5.82 Å². The molecular formula is C19H15ClFN3O. The quantitative estimate of drug-likeness (QED) is 0.576. The molecular weight excluding hydrogens is 341 g/mol. The van der Waals surface area contributed by atoms with Crippen LogP contribution in [0.3, 0.4) is 0 Å². The van der Waals surface area contributed by atoms with Gasteiger partial charge in [-0.1, -0.05) is 11.6 Å². The molecule has 25 heavy (non-hydrogen) atoms. The van der Waals surface area contributed by atoms with Crippen molar-refractivity contribution in [3.05, 3.63) is 64.1 Å². The number of hydrogen-bond acceptors (Lipinski definition) is 2. The fourth-order valence-electron chi connectivity index (χ4n) is 4.22. The van der Waals surface area contributed by atoms with Crippen molar-refractivity contribution >= 4 is 34.1 Å². The van der Waals surface area contributed by atoms with Crippen LogP contribution in [0.15, 0.2) is 36.4 Å². The van der Waals surface area contributed by atoms with Crippen LogP contribution >= 0.6 is 11.6 Å². The van der Waals surface area contributed by atoms with Crippen LogP contribution in [0.25, 0.3) is 10.9 Å². The average molecular weight is 356 g/mol. The van der Waals surface area contributed by atoms with Gasteiger partial charge in [-0.3, -0.25) is 10.1 Å². The second-order valence-corrected chi connectivity index (χ2v) is 7.25. The Hall–Kier alpha value is -2.37. The number of rotatable bonds is 0. The molecule has 0 aliphatic carbocycles. The van der Waals surface area contributed by atoms with E-state index in [1.807, 2.05) is 19.1 Å². The number of fused-ring (bicyclic) bond motifs is 6. The van der Waals surface area contributed by atoms with Crippen molar-refractivity contribution in [1.29, 1.82) is 0 Å². The van der Waals surface area contributed by atoms with E-state index < -0.39 is 5.54 Å². The molecule has 0 saturated heterocycles. The third-order valence-electron chi connectivity index (χ3n) is 5.19. The van der Waals surface area contributed by atoms with Crippen LogP contribution in [0.4, 0.5) is 10.1 Å². The molecule has 2 unspecified atom stereocenters. The maximum Gasteiger partial charge on any atom is 0.255 e. The van der Waals surface area contributed by atoms with Gasteiger partial charge in [0, 0.05) is 33.2 Å². The third-order valence-corrected chi connectivity index (χ3v) is 5.43. The van der Waals surface area contributed by atoms with Crippen molar-refractivity contribution in [2.45, 2.75) is 24.9 Å². The SMILES string of the molecule is CC1Cc2c([nH]c3ccc(F)cc23)C2(N1)C(=O)Nc1ccc(Cl)cc12. The molecule has 2 aliphatic heterocycles. The zero-order valence-corrected chi connectivity index (χ0v) is 14.2. The Balaban J connectivity index is 1.87. The number of anilines is 1. The zero-order chi connectivity index (χ0) is 17.3. The number of aromatic amines is 1. The molecule has 1 aromatic heterocycles. The second kappa shape index (κ2) is 4.84. The molecule has 1 spiro atoms. The van der Waals surface area contributed by atoms with Crippen molar-refractivity contribution in [3.8, 4) is 0 Å². The lowest BCUT2D eigenvalue weighted by Crippen LogP contribution is -2.56. The van der Waals surface area contributed by atoms with Crippen LogP contribution in [0.1, 0.15) is 23.7 Å². The van der Waals surface area contributed by atoms with E-state index in [1.54, 1.807) is 12.1 Å². The summed E-state index contributed by atoms with van der Waals surface area (Å²) in [4.78, 5) is 16.4. The van der Waals surface area contributed by atoms with E-state index in [-0.39, 0.29) is 17.8 Å². The Morgan fingerprint density at radius 3 is 2.92 bits per heavy atom. The molecule has 0 fully saturated rings. The minimum absolute atomic E-state index is 0.0467. The summed E-state index contributed by atoms with van der Waals surface area (Å²) in [6.07, 6.45) is 0.712. The normalized spacial score (nSPS) is 24.4. The Kier molecular flexibility index (Phi) is 2.89. The van der Waals surface area contributed by atoms with Gasteiger partial charge in [0.15, 0.2) is 5.54 Å². The number of carbonyl (C=O) groups excluding carboxylic acids is 1. The van der Waals surface area contributed by atoms with Crippen LogP contribution in [0.2, 0.25) is 5.02 Å². The number of benzene rings is 2. The fraction of sp³-hybridized carbons (Fsp3) is 0.211. The number of nitrogens with one attached hydrogen (secondary N) is 3. The van der Waals surface area contributed by atoms with E-state index in [2.05, 4.69) is 15.6 Å². The Labute approximate surface area is 148 Å². The maximum absolute atomic E-state index is 13.8. The van der Waals surface area contributed by atoms with Crippen molar-refractivity contribution in [2.24, 2.45) is 0 Å². The van der Waals surface area contributed by atoms with Gasteiger partial charge < -0.3 is 10.3 Å². The highest BCUT2D eigenvalue weighted by atomic mass is 35.5. The molecule has 3 heterocycles. The lowest BCUT2D eigenvalue weighted by molar-refractivity contribution is -0.121. The summed E-state index contributed by atoms with van der Waals surface area (Å²) in [6.45, 7) is 2.03. The van der Waals surface area contributed by atoms with Gasteiger partial charge >= 0.3 is 0 Å². The van der Waals surface area contributed by atoms with E-state index in [9.17, 15) is 9.18 Å². The summed E-state index contributed by atoms with van der Waals surface area (Å²) < 4.78 is 13.8. The number of aromatic nitrogens is 1.